The highest BCUT2D eigenvalue weighted by Gasteiger charge is 2.09. The second kappa shape index (κ2) is 6.11. The summed E-state index contributed by atoms with van der Waals surface area (Å²) in [6.45, 7) is 1.83. The predicted octanol–water partition coefficient (Wildman–Crippen LogP) is 3.99. The molecule has 1 heterocycles. The molecule has 1 aromatic heterocycles. The number of hydrogen-bond acceptors (Lipinski definition) is 3. The minimum absolute atomic E-state index is 0.245. The summed E-state index contributed by atoms with van der Waals surface area (Å²) in [5.41, 5.74) is 1.82. The number of aromatic nitrogens is 1. The summed E-state index contributed by atoms with van der Waals surface area (Å²) in [5, 5.41) is 6.60. The number of halogens is 2. The van der Waals surface area contributed by atoms with E-state index < -0.39 is 0 Å². The molecule has 0 saturated carbocycles. The van der Waals surface area contributed by atoms with Crippen LogP contribution in [0.15, 0.2) is 30.3 Å². The number of amides is 1. The Bertz CT molecular complexity index is 639. The summed E-state index contributed by atoms with van der Waals surface area (Å²) in [7, 11) is 1.75. The van der Waals surface area contributed by atoms with Gasteiger partial charge in [0.1, 0.15) is 5.82 Å². The van der Waals surface area contributed by atoms with E-state index in [0.717, 1.165) is 5.69 Å². The summed E-state index contributed by atoms with van der Waals surface area (Å²) < 4.78 is 0. The summed E-state index contributed by atoms with van der Waals surface area (Å²) in [5.74, 6) is 0.393. The van der Waals surface area contributed by atoms with Crippen LogP contribution in [0.4, 0.5) is 11.5 Å². The van der Waals surface area contributed by atoms with E-state index in [0.29, 0.717) is 27.1 Å². The first kappa shape index (κ1) is 14.6. The maximum Gasteiger partial charge on any atom is 0.255 e. The van der Waals surface area contributed by atoms with Gasteiger partial charge >= 0.3 is 0 Å². The normalized spacial score (nSPS) is 10.2. The van der Waals surface area contributed by atoms with Crippen molar-refractivity contribution in [3.05, 3.63) is 51.6 Å². The van der Waals surface area contributed by atoms with E-state index in [1.807, 2.05) is 6.92 Å². The molecule has 1 amide bonds. The molecule has 4 nitrogen and oxygen atoms in total. The van der Waals surface area contributed by atoms with Gasteiger partial charge in [-0.25, -0.2) is 4.98 Å². The quantitative estimate of drug-likeness (QED) is 0.901. The number of pyridine rings is 1. The van der Waals surface area contributed by atoms with Gasteiger partial charge in [-0.05, 0) is 37.3 Å². The number of carbonyl (C=O) groups is 1. The third-order valence-electron chi connectivity index (χ3n) is 2.59. The van der Waals surface area contributed by atoms with E-state index in [2.05, 4.69) is 15.6 Å². The Kier molecular flexibility index (Phi) is 4.47. The molecule has 0 aliphatic rings. The van der Waals surface area contributed by atoms with Gasteiger partial charge in [0.2, 0.25) is 0 Å². The Labute approximate surface area is 127 Å². The smallest absolute Gasteiger partial charge is 0.255 e. The molecule has 104 valence electrons. The maximum atomic E-state index is 12.2. The Morgan fingerprint density at radius 2 is 1.75 bits per heavy atom. The zero-order valence-corrected chi connectivity index (χ0v) is 12.5. The average Bonchev–Trinajstić information content (AvgIpc) is 2.36. The third kappa shape index (κ3) is 3.62. The Morgan fingerprint density at radius 3 is 2.35 bits per heavy atom. The van der Waals surface area contributed by atoms with Crippen LogP contribution < -0.4 is 10.6 Å². The van der Waals surface area contributed by atoms with Crippen molar-refractivity contribution in [3.8, 4) is 0 Å². The standard InChI is InChI=1S/C14H13Cl2N3O/c1-8-3-9(4-13(17-2)18-8)14(20)19-12-6-10(15)5-11(16)7-12/h3-7H,1-2H3,(H,17,18)(H,19,20). The molecule has 2 rings (SSSR count). The van der Waals surface area contributed by atoms with Crippen LogP contribution in [-0.2, 0) is 0 Å². The molecule has 0 bridgehead atoms. The number of anilines is 2. The van der Waals surface area contributed by atoms with E-state index >= 15 is 0 Å². The van der Waals surface area contributed by atoms with Crippen LogP contribution in [0, 0.1) is 6.92 Å². The first-order valence-corrected chi connectivity index (χ1v) is 6.67. The number of rotatable bonds is 3. The first-order chi connectivity index (χ1) is 9.47. The zero-order chi connectivity index (χ0) is 14.7. The lowest BCUT2D eigenvalue weighted by atomic mass is 10.2. The molecule has 0 aliphatic carbocycles. The number of hydrogen-bond donors (Lipinski definition) is 2. The van der Waals surface area contributed by atoms with E-state index in [1.54, 1.807) is 37.4 Å². The molecule has 20 heavy (non-hydrogen) atoms. The van der Waals surface area contributed by atoms with Crippen molar-refractivity contribution in [1.82, 2.24) is 4.98 Å². The van der Waals surface area contributed by atoms with Crippen LogP contribution in [0.2, 0.25) is 10.0 Å². The van der Waals surface area contributed by atoms with Gasteiger partial charge < -0.3 is 10.6 Å². The molecule has 2 N–H and O–H groups in total. The van der Waals surface area contributed by atoms with Crippen molar-refractivity contribution in [3.63, 3.8) is 0 Å². The lowest BCUT2D eigenvalue weighted by Gasteiger charge is -2.08. The third-order valence-corrected chi connectivity index (χ3v) is 3.03. The summed E-state index contributed by atoms with van der Waals surface area (Å²) >= 11 is 11.8. The number of nitrogens with zero attached hydrogens (tertiary/aromatic N) is 1. The first-order valence-electron chi connectivity index (χ1n) is 5.92. The highest BCUT2D eigenvalue weighted by molar-refractivity contribution is 6.35. The molecule has 2 aromatic rings. The number of benzene rings is 1. The van der Waals surface area contributed by atoms with Crippen LogP contribution in [0.1, 0.15) is 16.1 Å². The van der Waals surface area contributed by atoms with Gasteiger partial charge in [-0.15, -0.1) is 0 Å². The van der Waals surface area contributed by atoms with Gasteiger partial charge in [0.15, 0.2) is 0 Å². The molecular weight excluding hydrogens is 297 g/mol. The van der Waals surface area contributed by atoms with Crippen molar-refractivity contribution in [2.45, 2.75) is 6.92 Å². The molecule has 0 fully saturated rings. The van der Waals surface area contributed by atoms with Crippen LogP contribution in [0.25, 0.3) is 0 Å². The Hall–Kier alpha value is -1.78. The van der Waals surface area contributed by atoms with Gasteiger partial charge in [0.25, 0.3) is 5.91 Å². The molecule has 0 atom stereocenters. The lowest BCUT2D eigenvalue weighted by Crippen LogP contribution is -2.13. The van der Waals surface area contributed by atoms with Crippen molar-refractivity contribution in [2.75, 3.05) is 17.7 Å². The molecule has 6 heteroatoms. The van der Waals surface area contributed by atoms with E-state index in [1.165, 1.54) is 0 Å². The monoisotopic (exact) mass is 309 g/mol. The second-order valence-electron chi connectivity index (χ2n) is 4.24. The van der Waals surface area contributed by atoms with Gasteiger partial charge in [-0.1, -0.05) is 23.2 Å². The molecule has 0 radical (unpaired) electrons. The van der Waals surface area contributed by atoms with Crippen molar-refractivity contribution in [1.29, 1.82) is 0 Å². The molecular formula is C14H13Cl2N3O. The highest BCUT2D eigenvalue weighted by atomic mass is 35.5. The van der Waals surface area contributed by atoms with Crippen LogP contribution >= 0.6 is 23.2 Å². The van der Waals surface area contributed by atoms with Crippen molar-refractivity contribution < 1.29 is 4.79 Å². The average molecular weight is 310 g/mol. The summed E-state index contributed by atoms with van der Waals surface area (Å²) in [6.07, 6.45) is 0. The summed E-state index contributed by atoms with van der Waals surface area (Å²) in [4.78, 5) is 16.4. The SMILES string of the molecule is CNc1cc(C(=O)Nc2cc(Cl)cc(Cl)c2)cc(C)n1. The molecule has 1 aromatic carbocycles. The fraction of sp³-hybridized carbons (Fsp3) is 0.143. The Balaban J connectivity index is 2.25. The highest BCUT2D eigenvalue weighted by Crippen LogP contribution is 2.23. The predicted molar refractivity (Wildman–Crippen MR) is 82.9 cm³/mol. The van der Waals surface area contributed by atoms with E-state index in [-0.39, 0.29) is 5.91 Å². The second-order valence-corrected chi connectivity index (χ2v) is 5.12. The topological polar surface area (TPSA) is 54.0 Å². The molecule has 0 unspecified atom stereocenters. The number of nitrogens with one attached hydrogen (secondary N) is 2. The van der Waals surface area contributed by atoms with Crippen molar-refractivity contribution in [2.24, 2.45) is 0 Å². The fourth-order valence-corrected chi connectivity index (χ4v) is 2.28. The van der Waals surface area contributed by atoms with Gasteiger partial charge in [-0.3, -0.25) is 4.79 Å². The molecule has 0 saturated heterocycles. The summed E-state index contributed by atoms with van der Waals surface area (Å²) in [6, 6.07) is 8.27. The molecule has 0 aliphatic heterocycles. The largest absolute Gasteiger partial charge is 0.373 e. The minimum atomic E-state index is -0.245. The van der Waals surface area contributed by atoms with Crippen LogP contribution in [0.3, 0.4) is 0 Å². The van der Waals surface area contributed by atoms with Crippen LogP contribution in [0.5, 0.6) is 0 Å². The Morgan fingerprint density at radius 1 is 1.10 bits per heavy atom. The number of aryl methyl sites for hydroxylation is 1. The van der Waals surface area contributed by atoms with E-state index in [9.17, 15) is 4.79 Å². The lowest BCUT2D eigenvalue weighted by molar-refractivity contribution is 0.102. The molecule has 0 spiro atoms. The zero-order valence-electron chi connectivity index (χ0n) is 11.0. The van der Waals surface area contributed by atoms with Crippen molar-refractivity contribution >= 4 is 40.6 Å². The van der Waals surface area contributed by atoms with Gasteiger partial charge in [-0.2, -0.15) is 0 Å². The maximum absolute atomic E-state index is 12.2. The van der Waals surface area contributed by atoms with E-state index in [4.69, 9.17) is 23.2 Å². The van der Waals surface area contributed by atoms with Crippen LogP contribution in [-0.4, -0.2) is 17.9 Å². The number of carbonyl (C=O) groups excluding carboxylic acids is 1. The van der Waals surface area contributed by atoms with Gasteiger partial charge in [0, 0.05) is 34.0 Å². The fourth-order valence-electron chi connectivity index (χ4n) is 1.76. The van der Waals surface area contributed by atoms with Gasteiger partial charge in [0.05, 0.1) is 0 Å². The minimum Gasteiger partial charge on any atom is -0.373 e.